The number of hydrogen-bond acceptors (Lipinski definition) is 2. The van der Waals surface area contributed by atoms with E-state index in [1.807, 2.05) is 26.8 Å². The van der Waals surface area contributed by atoms with Crippen molar-refractivity contribution in [2.45, 2.75) is 27.2 Å². The highest BCUT2D eigenvalue weighted by molar-refractivity contribution is 5.74. The third kappa shape index (κ3) is 8.45. The summed E-state index contributed by atoms with van der Waals surface area (Å²) in [6.45, 7) is 9.62. The Balaban J connectivity index is 0. The van der Waals surface area contributed by atoms with Crippen LogP contribution in [0.4, 0.5) is 0 Å². The zero-order valence-electron chi connectivity index (χ0n) is 11.9. The minimum absolute atomic E-state index is 0.646. The second-order valence-corrected chi connectivity index (χ2v) is 3.01. The van der Waals surface area contributed by atoms with Crippen molar-refractivity contribution in [3.8, 4) is 18.6 Å². The van der Waals surface area contributed by atoms with Crippen LogP contribution in [0.5, 0.6) is 5.75 Å². The fourth-order valence-corrected chi connectivity index (χ4v) is 1.12. The monoisotopic (exact) mass is 258 g/mol. The normalized spacial score (nSPS) is 9.00. The van der Waals surface area contributed by atoms with Gasteiger partial charge in [0.05, 0.1) is 0 Å². The molecule has 19 heavy (non-hydrogen) atoms. The molecule has 1 aromatic rings. The Morgan fingerprint density at radius 3 is 2.16 bits per heavy atom. The molecular weight excluding hydrogens is 236 g/mol. The highest BCUT2D eigenvalue weighted by atomic mass is 16.5. The van der Waals surface area contributed by atoms with Gasteiger partial charge in [0.1, 0.15) is 17.8 Å². The van der Waals surface area contributed by atoms with Crippen molar-refractivity contribution in [1.29, 1.82) is 0 Å². The van der Waals surface area contributed by atoms with Gasteiger partial charge in [-0.25, -0.2) is 0 Å². The molecular formula is C17H22O2. The van der Waals surface area contributed by atoms with Crippen LogP contribution in [0.15, 0.2) is 48.8 Å². The maximum atomic E-state index is 10.4. The molecule has 0 saturated heterocycles. The van der Waals surface area contributed by atoms with Crippen molar-refractivity contribution in [2.24, 2.45) is 0 Å². The average Bonchev–Trinajstić information content (AvgIpc) is 2.51. The Bertz CT molecular complexity index is 397. The third-order valence-electron chi connectivity index (χ3n) is 1.92. The van der Waals surface area contributed by atoms with Crippen LogP contribution in [-0.2, 0) is 0 Å². The molecule has 0 unspecified atom stereocenters. The summed E-state index contributed by atoms with van der Waals surface area (Å²) in [7, 11) is 0. The molecule has 0 radical (unpaired) electrons. The smallest absolute Gasteiger partial charge is 0.150 e. The summed E-state index contributed by atoms with van der Waals surface area (Å²) in [5.41, 5.74) is 0.646. The second-order valence-electron chi connectivity index (χ2n) is 3.01. The summed E-state index contributed by atoms with van der Waals surface area (Å²) in [6.07, 6.45) is 13.1. The van der Waals surface area contributed by atoms with Gasteiger partial charge in [-0.1, -0.05) is 33.4 Å². The molecule has 2 heteroatoms. The molecule has 0 aliphatic heterocycles. The molecule has 2 nitrogen and oxygen atoms in total. The van der Waals surface area contributed by atoms with Gasteiger partial charge in [-0.05, 0) is 30.3 Å². The van der Waals surface area contributed by atoms with E-state index in [2.05, 4.69) is 19.4 Å². The van der Waals surface area contributed by atoms with Crippen LogP contribution in [0, 0.1) is 12.8 Å². The molecule has 0 N–H and O–H groups in total. The predicted octanol–water partition coefficient (Wildman–Crippen LogP) is 4.63. The zero-order valence-corrected chi connectivity index (χ0v) is 11.9. The van der Waals surface area contributed by atoms with Gasteiger partial charge in [0.2, 0.25) is 0 Å². The quantitative estimate of drug-likeness (QED) is 0.333. The maximum absolute atomic E-state index is 10.4. The Morgan fingerprint density at radius 2 is 1.79 bits per heavy atom. The number of aldehydes is 1. The topological polar surface area (TPSA) is 26.3 Å². The van der Waals surface area contributed by atoms with Crippen LogP contribution in [-0.4, -0.2) is 6.29 Å². The molecule has 0 aliphatic carbocycles. The molecule has 0 atom stereocenters. The lowest BCUT2D eigenvalue weighted by molar-refractivity contribution is 0.112. The SMILES string of the molecule is C#C.C=C/C=C(\CC)Oc1ccc(C=O)cc1.CC. The Labute approximate surface area is 116 Å². The first-order valence-electron chi connectivity index (χ1n) is 6.18. The van der Waals surface area contributed by atoms with E-state index in [0.29, 0.717) is 5.56 Å². The van der Waals surface area contributed by atoms with Gasteiger partial charge in [-0.15, -0.1) is 12.8 Å². The molecule has 0 fully saturated rings. The molecule has 1 aromatic carbocycles. The van der Waals surface area contributed by atoms with Gasteiger partial charge in [0.25, 0.3) is 0 Å². The summed E-state index contributed by atoms with van der Waals surface area (Å²) in [5.74, 6) is 1.58. The number of rotatable bonds is 5. The Kier molecular flexibility index (Phi) is 13.9. The fraction of sp³-hybridized carbons (Fsp3) is 0.235. The van der Waals surface area contributed by atoms with Crippen molar-refractivity contribution in [3.05, 3.63) is 54.3 Å². The van der Waals surface area contributed by atoms with Crippen LogP contribution < -0.4 is 4.74 Å². The van der Waals surface area contributed by atoms with E-state index in [-0.39, 0.29) is 0 Å². The fourth-order valence-electron chi connectivity index (χ4n) is 1.12. The van der Waals surface area contributed by atoms with Crippen molar-refractivity contribution in [1.82, 2.24) is 0 Å². The van der Waals surface area contributed by atoms with Gasteiger partial charge in [0.15, 0.2) is 0 Å². The van der Waals surface area contributed by atoms with Gasteiger partial charge in [-0.2, -0.15) is 0 Å². The summed E-state index contributed by atoms with van der Waals surface area (Å²) in [4.78, 5) is 10.4. The Morgan fingerprint density at radius 1 is 1.26 bits per heavy atom. The van der Waals surface area contributed by atoms with Crippen LogP contribution >= 0.6 is 0 Å². The van der Waals surface area contributed by atoms with Crippen molar-refractivity contribution in [3.63, 3.8) is 0 Å². The second kappa shape index (κ2) is 13.8. The minimum Gasteiger partial charge on any atom is -0.462 e. The van der Waals surface area contributed by atoms with E-state index in [1.165, 1.54) is 0 Å². The maximum Gasteiger partial charge on any atom is 0.150 e. The highest BCUT2D eigenvalue weighted by Gasteiger charge is 1.97. The van der Waals surface area contributed by atoms with E-state index in [9.17, 15) is 4.79 Å². The molecule has 0 spiro atoms. The van der Waals surface area contributed by atoms with Crippen molar-refractivity contribution < 1.29 is 9.53 Å². The molecule has 0 bridgehead atoms. The molecule has 0 heterocycles. The molecule has 0 saturated carbocycles. The number of ether oxygens (including phenoxy) is 1. The van der Waals surface area contributed by atoms with E-state index in [0.717, 1.165) is 24.2 Å². The van der Waals surface area contributed by atoms with E-state index >= 15 is 0 Å². The number of allylic oxidation sites excluding steroid dienone is 3. The first kappa shape index (κ1) is 19.1. The molecule has 1 rings (SSSR count). The van der Waals surface area contributed by atoms with E-state index in [4.69, 9.17) is 4.74 Å². The highest BCUT2D eigenvalue weighted by Crippen LogP contribution is 2.15. The Hall–Kier alpha value is -2.27. The number of terminal acetylenes is 1. The first-order chi connectivity index (χ1) is 9.30. The van der Waals surface area contributed by atoms with Crippen molar-refractivity contribution in [2.75, 3.05) is 0 Å². The lowest BCUT2D eigenvalue weighted by Gasteiger charge is -2.07. The van der Waals surface area contributed by atoms with E-state index < -0.39 is 0 Å². The number of benzene rings is 1. The molecule has 102 valence electrons. The summed E-state index contributed by atoms with van der Waals surface area (Å²) in [5, 5.41) is 0. The van der Waals surface area contributed by atoms with Crippen LogP contribution in [0.3, 0.4) is 0 Å². The summed E-state index contributed by atoms with van der Waals surface area (Å²) in [6, 6.07) is 7.00. The van der Waals surface area contributed by atoms with E-state index in [1.54, 1.807) is 30.3 Å². The summed E-state index contributed by atoms with van der Waals surface area (Å²) >= 11 is 0. The molecule has 0 aliphatic rings. The third-order valence-corrected chi connectivity index (χ3v) is 1.92. The predicted molar refractivity (Wildman–Crippen MR) is 82.3 cm³/mol. The van der Waals surface area contributed by atoms with Crippen LogP contribution in [0.1, 0.15) is 37.6 Å². The minimum atomic E-state index is 0.646. The number of carbonyl (C=O) groups is 1. The van der Waals surface area contributed by atoms with Gasteiger partial charge in [0, 0.05) is 12.0 Å². The lowest BCUT2D eigenvalue weighted by atomic mass is 10.2. The van der Waals surface area contributed by atoms with Gasteiger partial charge >= 0.3 is 0 Å². The van der Waals surface area contributed by atoms with Gasteiger partial charge in [-0.3, -0.25) is 4.79 Å². The lowest BCUT2D eigenvalue weighted by Crippen LogP contribution is -1.93. The largest absolute Gasteiger partial charge is 0.462 e. The molecule has 0 aromatic heterocycles. The van der Waals surface area contributed by atoms with Gasteiger partial charge < -0.3 is 4.74 Å². The first-order valence-corrected chi connectivity index (χ1v) is 6.18. The number of carbonyl (C=O) groups excluding carboxylic acids is 1. The molecule has 0 amide bonds. The number of hydrogen-bond donors (Lipinski definition) is 0. The van der Waals surface area contributed by atoms with Crippen molar-refractivity contribution >= 4 is 6.29 Å². The van der Waals surface area contributed by atoms with Crippen LogP contribution in [0.25, 0.3) is 0 Å². The average molecular weight is 258 g/mol. The summed E-state index contributed by atoms with van der Waals surface area (Å²) < 4.78 is 5.58. The standard InChI is InChI=1S/C13H14O2.C2H6.C2H2/c1-3-5-12(4-2)15-13-8-6-11(10-14)7-9-13;2*1-2/h3,5-10H,1,4H2,2H3;1-2H3;1-2H/b12-5+;;. The van der Waals surface area contributed by atoms with Crippen LogP contribution in [0.2, 0.25) is 0 Å². The zero-order chi connectivity index (χ0) is 15.1.